The molecule has 0 aliphatic carbocycles. The lowest BCUT2D eigenvalue weighted by Gasteiger charge is -2.12. The summed E-state index contributed by atoms with van der Waals surface area (Å²) in [4.78, 5) is 0.119. The van der Waals surface area contributed by atoms with Gasteiger partial charge in [-0.2, -0.15) is 0 Å². The van der Waals surface area contributed by atoms with Gasteiger partial charge in [0.1, 0.15) is 0 Å². The van der Waals surface area contributed by atoms with Gasteiger partial charge in [-0.05, 0) is 36.2 Å². The molecular weight excluding hydrogens is 298 g/mol. The molecule has 0 amide bonds. The van der Waals surface area contributed by atoms with Gasteiger partial charge in [-0.25, -0.2) is 8.42 Å². The van der Waals surface area contributed by atoms with E-state index in [0.717, 1.165) is 5.56 Å². The van der Waals surface area contributed by atoms with E-state index in [1.807, 2.05) is 0 Å². The third kappa shape index (κ3) is 3.12. The molecule has 0 bridgehead atoms. The quantitative estimate of drug-likeness (QED) is 0.912. The van der Waals surface area contributed by atoms with Crippen LogP contribution in [0.2, 0.25) is 5.02 Å². The molecule has 0 aliphatic rings. The summed E-state index contributed by atoms with van der Waals surface area (Å²) < 4.78 is 27.0. The van der Waals surface area contributed by atoms with Crippen molar-refractivity contribution in [3.8, 4) is 0 Å². The van der Waals surface area contributed by atoms with Gasteiger partial charge in [0.2, 0.25) is 0 Å². The lowest BCUT2D eigenvalue weighted by atomic mass is 10.2. The van der Waals surface area contributed by atoms with E-state index in [4.69, 9.17) is 16.7 Å². The Morgan fingerprint density at radius 2 is 1.80 bits per heavy atom. The molecule has 0 saturated heterocycles. The van der Waals surface area contributed by atoms with Gasteiger partial charge in [-0.1, -0.05) is 35.9 Å². The molecule has 0 radical (unpaired) electrons. The summed E-state index contributed by atoms with van der Waals surface area (Å²) in [6.07, 6.45) is 0. The number of aryl methyl sites for hydroxylation is 1. The van der Waals surface area contributed by atoms with E-state index in [0.29, 0.717) is 16.3 Å². The Hall–Kier alpha value is -1.56. The van der Waals surface area contributed by atoms with Gasteiger partial charge >= 0.3 is 0 Å². The van der Waals surface area contributed by atoms with Gasteiger partial charge < -0.3 is 5.11 Å². The number of aliphatic hydroxyl groups is 1. The molecule has 2 aromatic carbocycles. The summed E-state index contributed by atoms with van der Waals surface area (Å²) in [6.45, 7) is 1.65. The lowest BCUT2D eigenvalue weighted by molar-refractivity contribution is 0.282. The number of hydrogen-bond donors (Lipinski definition) is 2. The Bertz CT molecular complexity index is 691. The van der Waals surface area contributed by atoms with Crippen LogP contribution in [0.4, 0.5) is 5.69 Å². The SMILES string of the molecule is Cc1cccc(Cl)c1NS(=O)(=O)c1ccc(CO)cc1. The van der Waals surface area contributed by atoms with Crippen LogP contribution in [0.25, 0.3) is 0 Å². The maximum atomic E-state index is 12.3. The van der Waals surface area contributed by atoms with E-state index in [9.17, 15) is 8.42 Å². The maximum Gasteiger partial charge on any atom is 0.261 e. The van der Waals surface area contributed by atoms with Crippen LogP contribution < -0.4 is 4.72 Å². The topological polar surface area (TPSA) is 66.4 Å². The van der Waals surface area contributed by atoms with E-state index in [2.05, 4.69) is 4.72 Å². The summed E-state index contributed by atoms with van der Waals surface area (Å²) in [5.74, 6) is 0. The minimum absolute atomic E-state index is 0.119. The lowest BCUT2D eigenvalue weighted by Crippen LogP contribution is -2.14. The van der Waals surface area contributed by atoms with Crippen molar-refractivity contribution in [1.29, 1.82) is 0 Å². The zero-order valence-electron chi connectivity index (χ0n) is 10.8. The highest BCUT2D eigenvalue weighted by atomic mass is 35.5. The number of para-hydroxylation sites is 1. The number of rotatable bonds is 4. The second-order valence-corrected chi connectivity index (χ2v) is 6.43. The molecule has 2 rings (SSSR count). The summed E-state index contributed by atoms with van der Waals surface area (Å²) in [6, 6.07) is 11.2. The zero-order chi connectivity index (χ0) is 14.8. The van der Waals surface area contributed by atoms with Crippen LogP contribution >= 0.6 is 11.6 Å². The van der Waals surface area contributed by atoms with E-state index >= 15 is 0 Å². The van der Waals surface area contributed by atoms with Crippen LogP contribution in [-0.2, 0) is 16.6 Å². The molecule has 0 saturated carbocycles. The number of halogens is 1. The number of anilines is 1. The molecule has 106 valence electrons. The van der Waals surface area contributed by atoms with Crippen LogP contribution in [0.3, 0.4) is 0 Å². The number of hydrogen-bond acceptors (Lipinski definition) is 3. The zero-order valence-corrected chi connectivity index (χ0v) is 12.4. The highest BCUT2D eigenvalue weighted by Crippen LogP contribution is 2.27. The maximum absolute atomic E-state index is 12.3. The van der Waals surface area contributed by atoms with Crippen LogP contribution in [0.15, 0.2) is 47.4 Å². The standard InChI is InChI=1S/C14H14ClNO3S/c1-10-3-2-4-13(15)14(10)16-20(18,19)12-7-5-11(9-17)6-8-12/h2-8,16-17H,9H2,1H3. The average Bonchev–Trinajstić information content (AvgIpc) is 2.43. The Morgan fingerprint density at radius 1 is 1.15 bits per heavy atom. The third-order valence-electron chi connectivity index (χ3n) is 2.87. The van der Waals surface area contributed by atoms with Crippen molar-refractivity contribution >= 4 is 27.3 Å². The second kappa shape index (κ2) is 5.83. The normalized spacial score (nSPS) is 11.3. The molecule has 0 atom stereocenters. The first kappa shape index (κ1) is 14.8. The van der Waals surface area contributed by atoms with E-state index in [1.54, 1.807) is 37.3 Å². The summed E-state index contributed by atoms with van der Waals surface area (Å²) in [5, 5.41) is 9.30. The van der Waals surface area contributed by atoms with Gasteiger partial charge in [0.05, 0.1) is 22.2 Å². The van der Waals surface area contributed by atoms with E-state index in [1.165, 1.54) is 12.1 Å². The predicted octanol–water partition coefficient (Wildman–Crippen LogP) is 2.94. The number of sulfonamides is 1. The molecule has 4 nitrogen and oxygen atoms in total. The van der Waals surface area contributed by atoms with Crippen molar-refractivity contribution < 1.29 is 13.5 Å². The summed E-state index contributed by atoms with van der Waals surface area (Å²) in [5.41, 5.74) is 1.77. The van der Waals surface area contributed by atoms with Crippen LogP contribution in [-0.4, -0.2) is 13.5 Å². The summed E-state index contributed by atoms with van der Waals surface area (Å²) in [7, 11) is -3.70. The van der Waals surface area contributed by atoms with Gasteiger partial charge in [-0.3, -0.25) is 4.72 Å². The molecular formula is C14H14ClNO3S. The molecule has 0 aromatic heterocycles. The molecule has 0 heterocycles. The minimum Gasteiger partial charge on any atom is -0.392 e. The number of aliphatic hydroxyl groups excluding tert-OH is 1. The molecule has 6 heteroatoms. The Balaban J connectivity index is 2.35. The van der Waals surface area contributed by atoms with Gasteiger partial charge in [0.15, 0.2) is 0 Å². The number of nitrogens with one attached hydrogen (secondary N) is 1. The average molecular weight is 312 g/mol. The van der Waals surface area contributed by atoms with Crippen LogP contribution in [0.5, 0.6) is 0 Å². The molecule has 2 aromatic rings. The molecule has 0 spiro atoms. The molecule has 0 fully saturated rings. The van der Waals surface area contributed by atoms with E-state index in [-0.39, 0.29) is 11.5 Å². The van der Waals surface area contributed by atoms with Crippen molar-refractivity contribution in [2.24, 2.45) is 0 Å². The summed E-state index contributed by atoms with van der Waals surface area (Å²) >= 11 is 6.01. The first-order chi connectivity index (χ1) is 9.44. The van der Waals surface area contributed by atoms with E-state index < -0.39 is 10.0 Å². The van der Waals surface area contributed by atoms with Gasteiger partial charge in [-0.15, -0.1) is 0 Å². The largest absolute Gasteiger partial charge is 0.392 e. The first-order valence-electron chi connectivity index (χ1n) is 5.92. The van der Waals surface area contributed by atoms with Crippen LogP contribution in [0.1, 0.15) is 11.1 Å². The second-order valence-electron chi connectivity index (χ2n) is 4.34. The molecule has 20 heavy (non-hydrogen) atoms. The van der Waals surface area contributed by atoms with Gasteiger partial charge in [0, 0.05) is 0 Å². The minimum atomic E-state index is -3.70. The highest BCUT2D eigenvalue weighted by molar-refractivity contribution is 7.92. The van der Waals surface area contributed by atoms with Crippen molar-refractivity contribution in [1.82, 2.24) is 0 Å². The van der Waals surface area contributed by atoms with Crippen molar-refractivity contribution in [2.45, 2.75) is 18.4 Å². The van der Waals surface area contributed by atoms with Crippen LogP contribution in [0, 0.1) is 6.92 Å². The smallest absolute Gasteiger partial charge is 0.261 e. The third-order valence-corrected chi connectivity index (χ3v) is 4.56. The fourth-order valence-electron chi connectivity index (χ4n) is 1.73. The number of benzene rings is 2. The first-order valence-corrected chi connectivity index (χ1v) is 7.78. The monoisotopic (exact) mass is 311 g/mol. The Kier molecular flexibility index (Phi) is 4.32. The molecule has 0 aliphatic heterocycles. The van der Waals surface area contributed by atoms with Crippen molar-refractivity contribution in [3.63, 3.8) is 0 Å². The fourth-order valence-corrected chi connectivity index (χ4v) is 3.21. The Labute approximate surface area is 123 Å². The molecule has 2 N–H and O–H groups in total. The fraction of sp³-hybridized carbons (Fsp3) is 0.143. The molecule has 0 unspecified atom stereocenters. The predicted molar refractivity (Wildman–Crippen MR) is 79.4 cm³/mol. The van der Waals surface area contributed by atoms with Crippen molar-refractivity contribution in [3.05, 3.63) is 58.6 Å². The van der Waals surface area contributed by atoms with Crippen molar-refractivity contribution in [2.75, 3.05) is 4.72 Å². The van der Waals surface area contributed by atoms with Gasteiger partial charge in [0.25, 0.3) is 10.0 Å². The Morgan fingerprint density at radius 3 is 2.35 bits per heavy atom. The highest BCUT2D eigenvalue weighted by Gasteiger charge is 2.16.